The van der Waals surface area contributed by atoms with Gasteiger partial charge in [-0.05, 0) is 36.1 Å². The standard InChI is InChI=1S/C18H19FO/c1-2-3-5-14-8-10-16(11-9-14)18(20)13-15-6-4-7-17(19)12-15/h4,6-12H,2-3,5,13H2,1H3. The summed E-state index contributed by atoms with van der Waals surface area (Å²) in [7, 11) is 0. The Morgan fingerprint density at radius 1 is 1.05 bits per heavy atom. The number of carbonyl (C=O) groups excluding carboxylic acids is 1. The fourth-order valence-electron chi connectivity index (χ4n) is 2.17. The first-order chi connectivity index (χ1) is 9.69. The number of rotatable bonds is 6. The Bertz CT molecular complexity index is 572. The lowest BCUT2D eigenvalue weighted by Crippen LogP contribution is -2.04. The third-order valence-electron chi connectivity index (χ3n) is 3.35. The molecule has 104 valence electrons. The van der Waals surface area contributed by atoms with Crippen LogP contribution in [-0.4, -0.2) is 5.78 Å². The summed E-state index contributed by atoms with van der Waals surface area (Å²) >= 11 is 0. The lowest BCUT2D eigenvalue weighted by atomic mass is 10.0. The number of ketones is 1. The molecule has 0 unspecified atom stereocenters. The molecule has 0 radical (unpaired) electrons. The van der Waals surface area contributed by atoms with Gasteiger partial charge in [-0.15, -0.1) is 0 Å². The number of Topliss-reactive ketones (excluding diaryl/α,β-unsaturated/α-hetero) is 1. The summed E-state index contributed by atoms with van der Waals surface area (Å²) in [5.74, 6) is -0.275. The molecule has 2 heteroatoms. The van der Waals surface area contributed by atoms with Gasteiger partial charge in [-0.2, -0.15) is 0 Å². The normalized spacial score (nSPS) is 10.5. The van der Waals surface area contributed by atoms with E-state index in [1.54, 1.807) is 12.1 Å². The van der Waals surface area contributed by atoms with Crippen molar-refractivity contribution in [3.8, 4) is 0 Å². The predicted molar refractivity (Wildman–Crippen MR) is 79.5 cm³/mol. The average Bonchev–Trinajstić information content (AvgIpc) is 2.45. The van der Waals surface area contributed by atoms with Crippen LogP contribution in [0.25, 0.3) is 0 Å². The maximum Gasteiger partial charge on any atom is 0.167 e. The van der Waals surface area contributed by atoms with Gasteiger partial charge >= 0.3 is 0 Å². The summed E-state index contributed by atoms with van der Waals surface area (Å²) in [5, 5.41) is 0. The Kier molecular flexibility index (Phi) is 5.05. The molecule has 0 aromatic heterocycles. The first-order valence-corrected chi connectivity index (χ1v) is 7.05. The predicted octanol–water partition coefficient (Wildman–Crippen LogP) is 4.59. The quantitative estimate of drug-likeness (QED) is 0.701. The van der Waals surface area contributed by atoms with Crippen LogP contribution < -0.4 is 0 Å². The van der Waals surface area contributed by atoms with Gasteiger partial charge < -0.3 is 0 Å². The van der Waals surface area contributed by atoms with Crippen LogP contribution in [0.5, 0.6) is 0 Å². The van der Waals surface area contributed by atoms with Crippen LogP contribution in [0.3, 0.4) is 0 Å². The van der Waals surface area contributed by atoms with E-state index < -0.39 is 0 Å². The second kappa shape index (κ2) is 6.99. The largest absolute Gasteiger partial charge is 0.294 e. The van der Waals surface area contributed by atoms with Gasteiger partial charge in [0.1, 0.15) is 5.82 Å². The van der Waals surface area contributed by atoms with E-state index in [4.69, 9.17) is 0 Å². The highest BCUT2D eigenvalue weighted by atomic mass is 19.1. The van der Waals surface area contributed by atoms with E-state index in [9.17, 15) is 9.18 Å². The molecule has 20 heavy (non-hydrogen) atoms. The topological polar surface area (TPSA) is 17.1 Å². The SMILES string of the molecule is CCCCc1ccc(C(=O)Cc2cccc(F)c2)cc1. The zero-order valence-corrected chi connectivity index (χ0v) is 11.7. The van der Waals surface area contributed by atoms with Gasteiger partial charge in [0.25, 0.3) is 0 Å². The highest BCUT2D eigenvalue weighted by Gasteiger charge is 2.07. The van der Waals surface area contributed by atoms with E-state index in [0.29, 0.717) is 11.1 Å². The fraction of sp³-hybridized carbons (Fsp3) is 0.278. The minimum absolute atomic E-state index is 0.0256. The van der Waals surface area contributed by atoms with Gasteiger partial charge in [0, 0.05) is 12.0 Å². The number of hydrogen-bond donors (Lipinski definition) is 0. The third-order valence-corrected chi connectivity index (χ3v) is 3.35. The number of halogens is 1. The van der Waals surface area contributed by atoms with Crippen molar-refractivity contribution in [1.82, 2.24) is 0 Å². The first kappa shape index (κ1) is 14.4. The molecule has 0 aliphatic heterocycles. The van der Waals surface area contributed by atoms with E-state index in [1.165, 1.54) is 24.1 Å². The summed E-state index contributed by atoms with van der Waals surface area (Å²) in [6, 6.07) is 14.0. The Hall–Kier alpha value is -1.96. The van der Waals surface area contributed by atoms with Gasteiger partial charge in [-0.25, -0.2) is 4.39 Å². The monoisotopic (exact) mass is 270 g/mol. The highest BCUT2D eigenvalue weighted by molar-refractivity contribution is 5.97. The Labute approximate surface area is 119 Å². The van der Waals surface area contributed by atoms with Crippen LogP contribution in [0.4, 0.5) is 4.39 Å². The number of benzene rings is 2. The highest BCUT2D eigenvalue weighted by Crippen LogP contribution is 2.12. The van der Waals surface area contributed by atoms with Gasteiger partial charge in [0.05, 0.1) is 0 Å². The van der Waals surface area contributed by atoms with Crippen LogP contribution in [0.2, 0.25) is 0 Å². The number of hydrogen-bond acceptors (Lipinski definition) is 1. The van der Waals surface area contributed by atoms with Crippen molar-refractivity contribution < 1.29 is 9.18 Å². The van der Waals surface area contributed by atoms with Crippen LogP contribution >= 0.6 is 0 Å². The van der Waals surface area contributed by atoms with E-state index in [1.807, 2.05) is 24.3 Å². The molecule has 0 heterocycles. The van der Waals surface area contributed by atoms with E-state index >= 15 is 0 Å². The summed E-state index contributed by atoms with van der Waals surface area (Å²) in [4.78, 5) is 12.1. The van der Waals surface area contributed by atoms with Crippen molar-refractivity contribution in [2.75, 3.05) is 0 Å². The molecule has 0 aliphatic rings. The van der Waals surface area contributed by atoms with Crippen LogP contribution in [-0.2, 0) is 12.8 Å². The zero-order valence-electron chi connectivity index (χ0n) is 11.7. The number of carbonyl (C=O) groups is 1. The first-order valence-electron chi connectivity index (χ1n) is 7.05. The second-order valence-corrected chi connectivity index (χ2v) is 5.03. The molecular weight excluding hydrogens is 251 g/mol. The van der Waals surface area contributed by atoms with Crippen molar-refractivity contribution in [2.45, 2.75) is 32.6 Å². The maximum absolute atomic E-state index is 13.1. The molecule has 0 spiro atoms. The lowest BCUT2D eigenvalue weighted by molar-refractivity contribution is 0.0993. The third kappa shape index (κ3) is 4.02. The summed E-state index contributed by atoms with van der Waals surface area (Å²) in [5.41, 5.74) is 2.66. The van der Waals surface area contributed by atoms with Gasteiger partial charge in [-0.3, -0.25) is 4.79 Å². The molecule has 1 nitrogen and oxygen atoms in total. The van der Waals surface area contributed by atoms with Gasteiger partial charge in [0.2, 0.25) is 0 Å². The van der Waals surface area contributed by atoms with E-state index in [2.05, 4.69) is 6.92 Å². The minimum atomic E-state index is -0.301. The minimum Gasteiger partial charge on any atom is -0.294 e. The smallest absolute Gasteiger partial charge is 0.167 e. The van der Waals surface area contributed by atoms with E-state index in [0.717, 1.165) is 12.8 Å². The van der Waals surface area contributed by atoms with Gasteiger partial charge in [-0.1, -0.05) is 49.7 Å². The van der Waals surface area contributed by atoms with Crippen molar-refractivity contribution in [3.63, 3.8) is 0 Å². The van der Waals surface area contributed by atoms with Crippen molar-refractivity contribution in [1.29, 1.82) is 0 Å². The molecule has 0 saturated heterocycles. The maximum atomic E-state index is 13.1. The molecule has 0 aliphatic carbocycles. The molecule has 0 fully saturated rings. The molecule has 0 atom stereocenters. The molecule has 0 bridgehead atoms. The Morgan fingerprint density at radius 2 is 1.80 bits per heavy atom. The number of unbranched alkanes of at least 4 members (excludes halogenated alkanes) is 1. The van der Waals surface area contributed by atoms with Crippen molar-refractivity contribution >= 4 is 5.78 Å². The molecule has 2 aromatic rings. The van der Waals surface area contributed by atoms with Crippen LogP contribution in [0.15, 0.2) is 48.5 Å². The molecular formula is C18H19FO. The Morgan fingerprint density at radius 3 is 2.45 bits per heavy atom. The van der Waals surface area contributed by atoms with Gasteiger partial charge in [0.15, 0.2) is 5.78 Å². The van der Waals surface area contributed by atoms with Crippen LogP contribution in [0.1, 0.15) is 41.3 Å². The lowest BCUT2D eigenvalue weighted by Gasteiger charge is -2.04. The summed E-state index contributed by atoms with van der Waals surface area (Å²) in [6.07, 6.45) is 3.62. The zero-order chi connectivity index (χ0) is 14.4. The fourth-order valence-corrected chi connectivity index (χ4v) is 2.17. The summed E-state index contributed by atoms with van der Waals surface area (Å²) < 4.78 is 13.1. The molecule has 2 aromatic carbocycles. The van der Waals surface area contributed by atoms with Crippen molar-refractivity contribution in [2.24, 2.45) is 0 Å². The summed E-state index contributed by atoms with van der Waals surface area (Å²) in [6.45, 7) is 2.16. The number of aryl methyl sites for hydroxylation is 1. The molecule has 0 saturated carbocycles. The van der Waals surface area contributed by atoms with E-state index in [-0.39, 0.29) is 18.0 Å². The Balaban J connectivity index is 2.02. The second-order valence-electron chi connectivity index (χ2n) is 5.03. The molecule has 0 N–H and O–H groups in total. The molecule has 0 amide bonds. The average molecular weight is 270 g/mol. The van der Waals surface area contributed by atoms with Crippen molar-refractivity contribution in [3.05, 3.63) is 71.0 Å². The molecule has 2 rings (SSSR count). The van der Waals surface area contributed by atoms with Crippen LogP contribution in [0, 0.1) is 5.82 Å².